The van der Waals surface area contributed by atoms with E-state index in [4.69, 9.17) is 9.47 Å². The number of carbonyl (C=O) groups is 2. The van der Waals surface area contributed by atoms with Gasteiger partial charge in [-0.1, -0.05) is 0 Å². The van der Waals surface area contributed by atoms with Crippen molar-refractivity contribution < 1.29 is 19.1 Å². The summed E-state index contributed by atoms with van der Waals surface area (Å²) in [7, 11) is 1.39. The van der Waals surface area contributed by atoms with Crippen molar-refractivity contribution in [1.29, 1.82) is 0 Å². The van der Waals surface area contributed by atoms with Gasteiger partial charge in [-0.15, -0.1) is 0 Å². The zero-order valence-electron chi connectivity index (χ0n) is 10.9. The lowest BCUT2D eigenvalue weighted by molar-refractivity contribution is -0.148. The van der Waals surface area contributed by atoms with Crippen molar-refractivity contribution in [2.75, 3.05) is 20.3 Å². The van der Waals surface area contributed by atoms with E-state index in [0.29, 0.717) is 13.0 Å². The molecular formula is C13H21NO4. The zero-order chi connectivity index (χ0) is 13.0. The van der Waals surface area contributed by atoms with Crippen molar-refractivity contribution in [1.82, 2.24) is 4.90 Å². The third-order valence-corrected chi connectivity index (χ3v) is 3.75. The Labute approximate surface area is 107 Å². The number of amides is 1. The highest BCUT2D eigenvalue weighted by molar-refractivity contribution is 5.82. The van der Waals surface area contributed by atoms with Gasteiger partial charge >= 0.3 is 5.97 Å². The minimum Gasteiger partial charge on any atom is -0.469 e. The highest BCUT2D eigenvalue weighted by Gasteiger charge is 2.34. The average Bonchev–Trinajstić information content (AvgIpc) is 2.92. The molecule has 0 spiro atoms. The van der Waals surface area contributed by atoms with E-state index in [1.165, 1.54) is 7.11 Å². The largest absolute Gasteiger partial charge is 0.469 e. The molecule has 2 aliphatic rings. The monoisotopic (exact) mass is 255 g/mol. The number of hydrogen-bond donors (Lipinski definition) is 0. The standard InChI is InChI=1S/C13H21NO4/c1-17-12(15)9-10-5-2-3-7-14(10)13(16)11-6-4-8-18-11/h10-11H,2-9H2,1H3. The number of methoxy groups -OCH3 is 1. The van der Waals surface area contributed by atoms with Crippen LogP contribution < -0.4 is 0 Å². The number of piperidine rings is 1. The van der Waals surface area contributed by atoms with Crippen LogP contribution in [0.1, 0.15) is 38.5 Å². The summed E-state index contributed by atoms with van der Waals surface area (Å²) in [5.41, 5.74) is 0. The van der Waals surface area contributed by atoms with E-state index in [0.717, 1.165) is 38.6 Å². The Kier molecular flexibility index (Phi) is 4.58. The lowest BCUT2D eigenvalue weighted by Crippen LogP contribution is -2.48. The third-order valence-electron chi connectivity index (χ3n) is 3.75. The SMILES string of the molecule is COC(=O)CC1CCCCN1C(=O)C1CCCO1. The van der Waals surface area contributed by atoms with Gasteiger partial charge < -0.3 is 14.4 Å². The fourth-order valence-electron chi connectivity index (χ4n) is 2.74. The second-order valence-corrected chi connectivity index (χ2v) is 4.96. The predicted molar refractivity (Wildman–Crippen MR) is 65.0 cm³/mol. The zero-order valence-corrected chi connectivity index (χ0v) is 10.9. The van der Waals surface area contributed by atoms with Crippen LogP contribution in [0.25, 0.3) is 0 Å². The van der Waals surface area contributed by atoms with Crippen LogP contribution >= 0.6 is 0 Å². The van der Waals surface area contributed by atoms with Gasteiger partial charge in [-0.05, 0) is 32.1 Å². The fraction of sp³-hybridized carbons (Fsp3) is 0.846. The summed E-state index contributed by atoms with van der Waals surface area (Å²) in [6.07, 6.45) is 4.73. The van der Waals surface area contributed by atoms with Gasteiger partial charge in [0, 0.05) is 19.2 Å². The molecule has 5 nitrogen and oxygen atoms in total. The number of nitrogens with zero attached hydrogens (tertiary/aromatic N) is 1. The smallest absolute Gasteiger partial charge is 0.307 e. The maximum absolute atomic E-state index is 12.3. The summed E-state index contributed by atoms with van der Waals surface area (Å²) >= 11 is 0. The van der Waals surface area contributed by atoms with Gasteiger partial charge in [0.1, 0.15) is 6.10 Å². The van der Waals surface area contributed by atoms with E-state index in [2.05, 4.69) is 0 Å². The first-order chi connectivity index (χ1) is 8.72. The van der Waals surface area contributed by atoms with Crippen molar-refractivity contribution in [3.63, 3.8) is 0 Å². The maximum atomic E-state index is 12.3. The fourth-order valence-corrected chi connectivity index (χ4v) is 2.74. The second-order valence-electron chi connectivity index (χ2n) is 4.96. The van der Waals surface area contributed by atoms with Gasteiger partial charge in [-0.3, -0.25) is 9.59 Å². The summed E-state index contributed by atoms with van der Waals surface area (Å²) in [6, 6.07) is -0.0112. The van der Waals surface area contributed by atoms with Crippen LogP contribution in [0.2, 0.25) is 0 Å². The van der Waals surface area contributed by atoms with Crippen molar-refractivity contribution in [2.24, 2.45) is 0 Å². The summed E-state index contributed by atoms with van der Waals surface area (Å²) in [6.45, 7) is 1.41. The van der Waals surface area contributed by atoms with E-state index in [-0.39, 0.29) is 24.0 Å². The molecule has 2 atom stereocenters. The number of rotatable bonds is 3. The van der Waals surface area contributed by atoms with Crippen LogP contribution in [-0.4, -0.2) is 49.2 Å². The van der Waals surface area contributed by atoms with E-state index >= 15 is 0 Å². The molecule has 0 aromatic carbocycles. The average molecular weight is 255 g/mol. The lowest BCUT2D eigenvalue weighted by atomic mass is 9.98. The molecule has 5 heteroatoms. The first-order valence-electron chi connectivity index (χ1n) is 6.71. The van der Waals surface area contributed by atoms with E-state index in [1.807, 2.05) is 4.90 Å². The van der Waals surface area contributed by atoms with Crippen LogP contribution in [0.5, 0.6) is 0 Å². The molecule has 1 amide bonds. The molecule has 2 heterocycles. The number of hydrogen-bond acceptors (Lipinski definition) is 4. The molecule has 2 fully saturated rings. The first kappa shape index (κ1) is 13.3. The first-order valence-corrected chi connectivity index (χ1v) is 6.71. The number of carbonyl (C=O) groups excluding carboxylic acids is 2. The van der Waals surface area contributed by atoms with Crippen LogP contribution in [-0.2, 0) is 19.1 Å². The summed E-state index contributed by atoms with van der Waals surface area (Å²) in [4.78, 5) is 25.5. The molecule has 0 radical (unpaired) electrons. The Morgan fingerprint density at radius 3 is 2.78 bits per heavy atom. The molecule has 18 heavy (non-hydrogen) atoms. The molecule has 2 aliphatic heterocycles. The van der Waals surface area contributed by atoms with Crippen LogP contribution in [0.3, 0.4) is 0 Å². The van der Waals surface area contributed by atoms with Crippen molar-refractivity contribution in [3.8, 4) is 0 Å². The number of likely N-dealkylation sites (tertiary alicyclic amines) is 1. The van der Waals surface area contributed by atoms with Crippen LogP contribution in [0.4, 0.5) is 0 Å². The quantitative estimate of drug-likeness (QED) is 0.709. The molecule has 2 rings (SSSR count). The second kappa shape index (κ2) is 6.18. The topological polar surface area (TPSA) is 55.8 Å². The van der Waals surface area contributed by atoms with Gasteiger partial charge in [-0.2, -0.15) is 0 Å². The van der Waals surface area contributed by atoms with Gasteiger partial charge in [-0.25, -0.2) is 0 Å². The molecule has 2 unspecified atom stereocenters. The summed E-state index contributed by atoms with van der Waals surface area (Å²) < 4.78 is 10.1. The van der Waals surface area contributed by atoms with Crippen molar-refractivity contribution in [3.05, 3.63) is 0 Å². The molecule has 0 aromatic heterocycles. The molecular weight excluding hydrogens is 234 g/mol. The van der Waals surface area contributed by atoms with E-state index in [1.54, 1.807) is 0 Å². The normalized spacial score (nSPS) is 28.2. The number of ether oxygens (including phenoxy) is 2. The Bertz CT molecular complexity index is 312. The minimum absolute atomic E-state index is 0.0112. The van der Waals surface area contributed by atoms with Gasteiger partial charge in [0.2, 0.25) is 0 Å². The molecule has 0 bridgehead atoms. The lowest BCUT2D eigenvalue weighted by Gasteiger charge is -2.36. The Morgan fingerprint density at radius 2 is 2.11 bits per heavy atom. The van der Waals surface area contributed by atoms with Gasteiger partial charge in [0.05, 0.1) is 13.5 Å². The summed E-state index contributed by atoms with van der Waals surface area (Å²) in [5.74, 6) is -0.187. The number of esters is 1. The molecule has 0 aromatic rings. The minimum atomic E-state index is -0.289. The highest BCUT2D eigenvalue weighted by atomic mass is 16.5. The van der Waals surface area contributed by atoms with Gasteiger partial charge in [0.15, 0.2) is 0 Å². The summed E-state index contributed by atoms with van der Waals surface area (Å²) in [5, 5.41) is 0. The molecule has 2 saturated heterocycles. The van der Waals surface area contributed by atoms with Crippen molar-refractivity contribution in [2.45, 2.75) is 50.7 Å². The van der Waals surface area contributed by atoms with Gasteiger partial charge in [0.25, 0.3) is 5.91 Å². The van der Waals surface area contributed by atoms with Crippen LogP contribution in [0.15, 0.2) is 0 Å². The third kappa shape index (κ3) is 3.02. The maximum Gasteiger partial charge on any atom is 0.307 e. The highest BCUT2D eigenvalue weighted by Crippen LogP contribution is 2.24. The molecule has 0 saturated carbocycles. The predicted octanol–water partition coefficient (Wildman–Crippen LogP) is 1.11. The Balaban J connectivity index is 1.97. The van der Waals surface area contributed by atoms with E-state index in [9.17, 15) is 9.59 Å². The van der Waals surface area contributed by atoms with E-state index < -0.39 is 0 Å². The Hall–Kier alpha value is -1.10. The Morgan fingerprint density at radius 1 is 1.28 bits per heavy atom. The molecule has 0 aliphatic carbocycles. The van der Waals surface area contributed by atoms with Crippen molar-refractivity contribution >= 4 is 11.9 Å². The van der Waals surface area contributed by atoms with Crippen LogP contribution in [0, 0.1) is 0 Å². The molecule has 0 N–H and O–H groups in total. The molecule has 102 valence electrons.